The molecule has 1 saturated heterocycles. The Kier molecular flexibility index (Phi) is 6.90. The lowest BCUT2D eigenvalue weighted by Crippen LogP contribution is -2.37. The van der Waals surface area contributed by atoms with Gasteiger partial charge in [0.05, 0.1) is 44.0 Å². The molecule has 38 heavy (non-hydrogen) atoms. The molecule has 0 radical (unpaired) electrons. The van der Waals surface area contributed by atoms with E-state index in [1.807, 2.05) is 4.90 Å². The van der Waals surface area contributed by atoms with E-state index in [-0.39, 0.29) is 29.2 Å². The second-order valence-corrected chi connectivity index (χ2v) is 9.97. The van der Waals surface area contributed by atoms with Crippen molar-refractivity contribution in [2.45, 2.75) is 6.43 Å². The molecule has 2 N–H and O–H groups in total. The van der Waals surface area contributed by atoms with Crippen molar-refractivity contribution in [2.75, 3.05) is 54.6 Å². The molecule has 1 aromatic carbocycles. The first kappa shape index (κ1) is 25.5. The SMILES string of the molecule is COc1cccc2c1nc(C(F)F)n2-c1nc(Nc2ccc(NS(C)(=O)=O)nc2)nc(N2CCOCC2)n1. The van der Waals surface area contributed by atoms with Crippen molar-refractivity contribution >= 4 is 44.5 Å². The zero-order valence-corrected chi connectivity index (χ0v) is 21.1. The summed E-state index contributed by atoms with van der Waals surface area (Å²) in [6.07, 6.45) is -0.525. The molecule has 1 aliphatic heterocycles. The number of imidazole rings is 1. The van der Waals surface area contributed by atoms with E-state index in [1.54, 1.807) is 24.3 Å². The van der Waals surface area contributed by atoms with Gasteiger partial charge >= 0.3 is 0 Å². The molecule has 5 rings (SSSR count). The van der Waals surface area contributed by atoms with Crippen LogP contribution in [0.1, 0.15) is 12.2 Å². The summed E-state index contributed by atoms with van der Waals surface area (Å²) in [5.74, 6) is 0.161. The monoisotopic (exact) mass is 547 g/mol. The minimum atomic E-state index is -3.49. The standard InChI is InChI=1S/C22H23F2N9O4S/c1-36-15-5-3-4-14-17(15)27-19(18(23)24)33(14)22-29-20(28-21(30-22)32-8-10-37-11-9-32)26-13-6-7-16(25-12-13)31-38(2,34)35/h3-7,12,18H,8-11H2,1-2H3,(H,25,31)(H,26,28,29,30). The lowest BCUT2D eigenvalue weighted by Gasteiger charge is -2.27. The number of methoxy groups -OCH3 is 1. The number of para-hydroxylation sites is 1. The van der Waals surface area contributed by atoms with Gasteiger partial charge in [-0.1, -0.05) is 6.07 Å². The van der Waals surface area contributed by atoms with Gasteiger partial charge in [0.1, 0.15) is 17.1 Å². The molecule has 0 spiro atoms. The molecule has 200 valence electrons. The van der Waals surface area contributed by atoms with Crippen molar-refractivity contribution < 1.29 is 26.7 Å². The van der Waals surface area contributed by atoms with Crippen molar-refractivity contribution in [3.8, 4) is 11.7 Å². The number of anilines is 4. The van der Waals surface area contributed by atoms with Gasteiger partial charge in [-0.2, -0.15) is 15.0 Å². The molecule has 3 aromatic heterocycles. The van der Waals surface area contributed by atoms with E-state index >= 15 is 0 Å². The van der Waals surface area contributed by atoms with E-state index in [4.69, 9.17) is 9.47 Å². The van der Waals surface area contributed by atoms with Crippen LogP contribution in [-0.4, -0.2) is 77.6 Å². The maximum absolute atomic E-state index is 14.2. The highest BCUT2D eigenvalue weighted by molar-refractivity contribution is 7.92. The minimum absolute atomic E-state index is 0.0621. The van der Waals surface area contributed by atoms with Crippen LogP contribution in [0.25, 0.3) is 17.0 Å². The van der Waals surface area contributed by atoms with Gasteiger partial charge in [-0.15, -0.1) is 0 Å². The first-order chi connectivity index (χ1) is 18.2. The summed E-state index contributed by atoms with van der Waals surface area (Å²) in [5.41, 5.74) is 1.01. The molecule has 4 heterocycles. The Bertz CT molecular complexity index is 1560. The first-order valence-electron chi connectivity index (χ1n) is 11.4. The number of aromatic nitrogens is 6. The number of ether oxygens (including phenoxy) is 2. The Morgan fingerprint density at radius 3 is 2.47 bits per heavy atom. The Morgan fingerprint density at radius 1 is 1.05 bits per heavy atom. The second-order valence-electron chi connectivity index (χ2n) is 8.22. The number of alkyl halides is 2. The molecule has 1 fully saturated rings. The topological polar surface area (TPSA) is 149 Å². The van der Waals surface area contributed by atoms with Crippen molar-refractivity contribution in [3.63, 3.8) is 0 Å². The molecule has 0 saturated carbocycles. The third-order valence-corrected chi connectivity index (χ3v) is 6.08. The first-order valence-corrected chi connectivity index (χ1v) is 13.2. The number of hydrogen-bond donors (Lipinski definition) is 2. The molecule has 16 heteroatoms. The number of hydrogen-bond acceptors (Lipinski definition) is 11. The van der Waals surface area contributed by atoms with Gasteiger partial charge in [0.2, 0.25) is 27.9 Å². The van der Waals surface area contributed by atoms with E-state index in [9.17, 15) is 17.2 Å². The second kappa shape index (κ2) is 10.3. The van der Waals surface area contributed by atoms with Crippen molar-refractivity contribution in [1.82, 2.24) is 29.5 Å². The fraction of sp³-hybridized carbons (Fsp3) is 0.318. The van der Waals surface area contributed by atoms with Gasteiger partial charge in [0.15, 0.2) is 5.82 Å². The Labute approximate surface area is 215 Å². The van der Waals surface area contributed by atoms with E-state index in [0.717, 1.165) is 6.26 Å². The predicted molar refractivity (Wildman–Crippen MR) is 135 cm³/mol. The smallest absolute Gasteiger partial charge is 0.296 e. The van der Waals surface area contributed by atoms with E-state index in [2.05, 4.69) is 35.0 Å². The zero-order valence-electron chi connectivity index (χ0n) is 20.3. The molecule has 0 aliphatic carbocycles. The largest absolute Gasteiger partial charge is 0.494 e. The van der Waals surface area contributed by atoms with Crippen molar-refractivity contribution in [2.24, 2.45) is 0 Å². The highest BCUT2D eigenvalue weighted by Crippen LogP contribution is 2.32. The number of nitrogens with zero attached hydrogens (tertiary/aromatic N) is 7. The maximum Gasteiger partial charge on any atom is 0.296 e. The fourth-order valence-corrected chi connectivity index (χ4v) is 4.38. The van der Waals surface area contributed by atoms with E-state index < -0.39 is 22.3 Å². The number of morpholine rings is 1. The van der Waals surface area contributed by atoms with Gasteiger partial charge in [0.25, 0.3) is 6.43 Å². The molecule has 0 atom stereocenters. The molecular weight excluding hydrogens is 524 g/mol. The number of benzene rings is 1. The van der Waals surface area contributed by atoms with Crippen LogP contribution in [-0.2, 0) is 14.8 Å². The summed E-state index contributed by atoms with van der Waals surface area (Å²) in [5, 5.41) is 2.99. The minimum Gasteiger partial charge on any atom is -0.494 e. The predicted octanol–water partition coefficient (Wildman–Crippen LogP) is 2.50. The van der Waals surface area contributed by atoms with Crippen LogP contribution < -0.4 is 19.7 Å². The summed E-state index contributed by atoms with van der Waals surface area (Å²) in [7, 11) is -2.06. The number of rotatable bonds is 8. The Morgan fingerprint density at radius 2 is 1.82 bits per heavy atom. The fourth-order valence-electron chi connectivity index (χ4n) is 3.87. The summed E-state index contributed by atoms with van der Waals surface area (Å²) < 4.78 is 65.4. The molecule has 0 bridgehead atoms. The van der Waals surface area contributed by atoms with Crippen LogP contribution in [0.2, 0.25) is 0 Å². The molecular formula is C22H23F2N9O4S. The number of nitrogens with one attached hydrogen (secondary N) is 2. The normalized spacial score (nSPS) is 14.2. The average Bonchev–Trinajstić information content (AvgIpc) is 3.30. The van der Waals surface area contributed by atoms with E-state index in [0.29, 0.717) is 43.3 Å². The number of halogens is 2. The Hall–Kier alpha value is -4.18. The molecule has 0 unspecified atom stereocenters. The summed E-state index contributed by atoms with van der Waals surface area (Å²) >= 11 is 0. The summed E-state index contributed by atoms with van der Waals surface area (Å²) in [6, 6.07) is 7.94. The van der Waals surface area contributed by atoms with Gasteiger partial charge in [0, 0.05) is 13.1 Å². The Balaban J connectivity index is 1.60. The highest BCUT2D eigenvalue weighted by atomic mass is 32.2. The lowest BCUT2D eigenvalue weighted by atomic mass is 10.3. The molecule has 4 aromatic rings. The molecule has 13 nitrogen and oxygen atoms in total. The van der Waals surface area contributed by atoms with Crippen LogP contribution >= 0.6 is 0 Å². The summed E-state index contributed by atoms with van der Waals surface area (Å²) in [4.78, 5) is 23.5. The van der Waals surface area contributed by atoms with Crippen molar-refractivity contribution in [3.05, 3.63) is 42.4 Å². The van der Waals surface area contributed by atoms with Crippen LogP contribution in [0.5, 0.6) is 5.75 Å². The number of fused-ring (bicyclic) bond motifs is 1. The quantitative estimate of drug-likeness (QED) is 0.335. The van der Waals surface area contributed by atoms with Gasteiger partial charge in [-0.05, 0) is 24.3 Å². The van der Waals surface area contributed by atoms with Gasteiger partial charge in [-0.3, -0.25) is 9.29 Å². The van der Waals surface area contributed by atoms with Crippen LogP contribution in [0.15, 0.2) is 36.5 Å². The lowest BCUT2D eigenvalue weighted by molar-refractivity contribution is 0.122. The third kappa shape index (κ3) is 5.40. The summed E-state index contributed by atoms with van der Waals surface area (Å²) in [6.45, 7) is 1.90. The number of pyridine rings is 1. The molecule has 0 amide bonds. The van der Waals surface area contributed by atoms with Crippen LogP contribution in [0, 0.1) is 0 Å². The third-order valence-electron chi connectivity index (χ3n) is 5.50. The highest BCUT2D eigenvalue weighted by Gasteiger charge is 2.25. The maximum atomic E-state index is 14.2. The van der Waals surface area contributed by atoms with Crippen LogP contribution in [0.4, 0.5) is 32.2 Å². The average molecular weight is 548 g/mol. The number of sulfonamides is 1. The van der Waals surface area contributed by atoms with E-state index in [1.165, 1.54) is 23.9 Å². The van der Waals surface area contributed by atoms with Gasteiger partial charge < -0.3 is 19.7 Å². The zero-order chi connectivity index (χ0) is 26.9. The van der Waals surface area contributed by atoms with Gasteiger partial charge in [-0.25, -0.2) is 27.2 Å². The van der Waals surface area contributed by atoms with Crippen LogP contribution in [0.3, 0.4) is 0 Å². The molecule has 1 aliphatic rings. The van der Waals surface area contributed by atoms with Crippen molar-refractivity contribution in [1.29, 1.82) is 0 Å².